The Kier molecular flexibility index (Phi) is 4.19. The van der Waals surface area contributed by atoms with Crippen LogP contribution in [0.1, 0.15) is 5.56 Å². The van der Waals surface area contributed by atoms with Gasteiger partial charge >= 0.3 is 0 Å². The van der Waals surface area contributed by atoms with Gasteiger partial charge in [-0.2, -0.15) is 11.3 Å². The quantitative estimate of drug-likeness (QED) is 0.677. The first-order chi connectivity index (χ1) is 5.43. The van der Waals surface area contributed by atoms with Crippen molar-refractivity contribution in [1.82, 2.24) is 0 Å². The topological polar surface area (TPSA) is 35.2 Å². The minimum absolute atomic E-state index is 0.615. The largest absolute Gasteiger partial charge is 0.380 e. The lowest BCUT2D eigenvalue weighted by Crippen LogP contribution is -2.09. The Labute approximate surface area is 71.0 Å². The van der Waals surface area contributed by atoms with Gasteiger partial charge in [0.25, 0.3) is 0 Å². The van der Waals surface area contributed by atoms with E-state index in [2.05, 4.69) is 16.8 Å². The van der Waals surface area contributed by atoms with Gasteiger partial charge in [0.2, 0.25) is 0 Å². The molecule has 1 aromatic rings. The predicted molar refractivity (Wildman–Crippen MR) is 47.9 cm³/mol. The van der Waals surface area contributed by atoms with Gasteiger partial charge in [0.05, 0.1) is 13.2 Å². The summed E-state index contributed by atoms with van der Waals surface area (Å²) in [6.07, 6.45) is 1.00. The molecular formula is C8H13NOS. The Hall–Kier alpha value is -0.380. The summed E-state index contributed by atoms with van der Waals surface area (Å²) < 4.78 is 5.24. The van der Waals surface area contributed by atoms with E-state index in [1.165, 1.54) is 5.56 Å². The van der Waals surface area contributed by atoms with Crippen LogP contribution in [-0.4, -0.2) is 19.8 Å². The van der Waals surface area contributed by atoms with Gasteiger partial charge in [-0.25, -0.2) is 0 Å². The lowest BCUT2D eigenvalue weighted by Gasteiger charge is -1.99. The molecule has 0 aliphatic heterocycles. The maximum absolute atomic E-state index is 5.27. The molecule has 0 atom stereocenters. The van der Waals surface area contributed by atoms with E-state index in [0.29, 0.717) is 13.2 Å². The first kappa shape index (κ1) is 8.71. The summed E-state index contributed by atoms with van der Waals surface area (Å²) in [5.41, 5.74) is 6.62. The maximum atomic E-state index is 5.27. The molecule has 2 N–H and O–H groups in total. The monoisotopic (exact) mass is 171 g/mol. The molecule has 0 amide bonds. The highest BCUT2D eigenvalue weighted by Gasteiger charge is 1.91. The lowest BCUT2D eigenvalue weighted by atomic mass is 10.3. The third-order valence-corrected chi connectivity index (χ3v) is 2.11. The second-order valence-corrected chi connectivity index (χ2v) is 3.06. The van der Waals surface area contributed by atoms with Crippen LogP contribution in [-0.2, 0) is 11.2 Å². The Morgan fingerprint density at radius 1 is 1.45 bits per heavy atom. The molecule has 3 heteroatoms. The van der Waals surface area contributed by atoms with E-state index in [4.69, 9.17) is 10.5 Å². The van der Waals surface area contributed by atoms with Gasteiger partial charge in [-0.1, -0.05) is 0 Å². The summed E-state index contributed by atoms with van der Waals surface area (Å²) in [5, 5.41) is 4.23. The van der Waals surface area contributed by atoms with Gasteiger partial charge < -0.3 is 10.5 Å². The molecule has 0 fully saturated rings. The molecule has 1 heterocycles. The number of nitrogens with two attached hydrogens (primary N) is 1. The Balaban J connectivity index is 2.04. The standard InChI is InChI=1S/C8H13NOS/c9-3-5-10-4-1-8-2-6-11-7-8/h2,6-7H,1,3-5,9H2. The third-order valence-electron chi connectivity index (χ3n) is 1.38. The van der Waals surface area contributed by atoms with E-state index in [-0.39, 0.29) is 0 Å². The molecule has 11 heavy (non-hydrogen) atoms. The highest BCUT2D eigenvalue weighted by atomic mass is 32.1. The Bertz CT molecular complexity index is 174. The van der Waals surface area contributed by atoms with Gasteiger partial charge in [-0.05, 0) is 28.8 Å². The number of thiophene rings is 1. The van der Waals surface area contributed by atoms with E-state index >= 15 is 0 Å². The predicted octanol–water partition coefficient (Wildman–Crippen LogP) is 1.27. The van der Waals surface area contributed by atoms with Crippen molar-refractivity contribution >= 4 is 11.3 Å². The highest BCUT2D eigenvalue weighted by molar-refractivity contribution is 7.07. The van der Waals surface area contributed by atoms with Crippen molar-refractivity contribution in [3.05, 3.63) is 22.4 Å². The second-order valence-electron chi connectivity index (χ2n) is 2.28. The Morgan fingerprint density at radius 2 is 2.36 bits per heavy atom. The molecule has 2 nitrogen and oxygen atoms in total. The molecule has 0 saturated heterocycles. The van der Waals surface area contributed by atoms with Crippen molar-refractivity contribution in [3.63, 3.8) is 0 Å². The molecule has 62 valence electrons. The minimum Gasteiger partial charge on any atom is -0.380 e. The molecule has 0 radical (unpaired) electrons. The molecule has 0 aliphatic rings. The first-order valence-corrected chi connectivity index (χ1v) is 4.66. The third kappa shape index (κ3) is 3.51. The van der Waals surface area contributed by atoms with Crippen LogP contribution >= 0.6 is 11.3 Å². The summed E-state index contributed by atoms with van der Waals surface area (Å²) in [4.78, 5) is 0. The first-order valence-electron chi connectivity index (χ1n) is 3.72. The molecule has 0 aliphatic carbocycles. The average molecular weight is 171 g/mol. The van der Waals surface area contributed by atoms with E-state index in [0.717, 1.165) is 13.0 Å². The van der Waals surface area contributed by atoms with Crippen LogP contribution in [0.2, 0.25) is 0 Å². The summed E-state index contributed by atoms with van der Waals surface area (Å²) in [6, 6.07) is 2.12. The van der Waals surface area contributed by atoms with Crippen LogP contribution in [0.25, 0.3) is 0 Å². The minimum atomic E-state index is 0.615. The molecule has 0 saturated carbocycles. The van der Waals surface area contributed by atoms with Crippen molar-refractivity contribution < 1.29 is 4.74 Å². The van der Waals surface area contributed by atoms with Crippen LogP contribution in [0.4, 0.5) is 0 Å². The van der Waals surface area contributed by atoms with Gasteiger partial charge in [-0.15, -0.1) is 0 Å². The van der Waals surface area contributed by atoms with Crippen LogP contribution in [0.5, 0.6) is 0 Å². The van der Waals surface area contributed by atoms with Crippen molar-refractivity contribution in [1.29, 1.82) is 0 Å². The smallest absolute Gasteiger partial charge is 0.0588 e. The van der Waals surface area contributed by atoms with E-state index in [9.17, 15) is 0 Å². The summed E-state index contributed by atoms with van der Waals surface area (Å²) in [7, 11) is 0. The van der Waals surface area contributed by atoms with Gasteiger partial charge in [0.1, 0.15) is 0 Å². The second kappa shape index (κ2) is 5.29. The summed E-state index contributed by atoms with van der Waals surface area (Å²) in [5.74, 6) is 0. The molecule has 0 bridgehead atoms. The van der Waals surface area contributed by atoms with Gasteiger partial charge in [-0.3, -0.25) is 0 Å². The summed E-state index contributed by atoms with van der Waals surface area (Å²) in [6.45, 7) is 2.07. The maximum Gasteiger partial charge on any atom is 0.0588 e. The average Bonchev–Trinajstić information content (AvgIpc) is 2.50. The summed E-state index contributed by atoms with van der Waals surface area (Å²) >= 11 is 1.72. The number of ether oxygens (including phenoxy) is 1. The van der Waals surface area contributed by atoms with Crippen LogP contribution in [0.3, 0.4) is 0 Å². The SMILES string of the molecule is NCCOCCc1ccsc1. The normalized spacial score (nSPS) is 10.3. The van der Waals surface area contributed by atoms with Crippen molar-refractivity contribution in [2.45, 2.75) is 6.42 Å². The zero-order valence-corrected chi connectivity index (χ0v) is 7.27. The molecule has 0 aromatic carbocycles. The van der Waals surface area contributed by atoms with Crippen molar-refractivity contribution in [2.75, 3.05) is 19.8 Å². The number of hydrogen-bond donors (Lipinski definition) is 1. The molecular weight excluding hydrogens is 158 g/mol. The van der Waals surface area contributed by atoms with Gasteiger partial charge in [0.15, 0.2) is 0 Å². The fourth-order valence-electron chi connectivity index (χ4n) is 0.810. The van der Waals surface area contributed by atoms with Gasteiger partial charge in [0, 0.05) is 6.54 Å². The van der Waals surface area contributed by atoms with Crippen LogP contribution in [0.15, 0.2) is 16.8 Å². The Morgan fingerprint density at radius 3 is 3.00 bits per heavy atom. The highest BCUT2D eigenvalue weighted by Crippen LogP contribution is 2.06. The van der Waals surface area contributed by atoms with Crippen molar-refractivity contribution in [3.8, 4) is 0 Å². The number of hydrogen-bond acceptors (Lipinski definition) is 3. The fraction of sp³-hybridized carbons (Fsp3) is 0.500. The molecule has 0 spiro atoms. The molecule has 1 aromatic heterocycles. The van der Waals surface area contributed by atoms with Crippen LogP contribution in [0, 0.1) is 0 Å². The number of rotatable bonds is 5. The zero-order chi connectivity index (χ0) is 7.94. The van der Waals surface area contributed by atoms with Crippen molar-refractivity contribution in [2.24, 2.45) is 5.73 Å². The van der Waals surface area contributed by atoms with E-state index in [1.807, 2.05) is 0 Å². The molecule has 1 rings (SSSR count). The lowest BCUT2D eigenvalue weighted by molar-refractivity contribution is 0.145. The zero-order valence-electron chi connectivity index (χ0n) is 6.45. The van der Waals surface area contributed by atoms with Crippen LogP contribution < -0.4 is 5.73 Å². The fourth-order valence-corrected chi connectivity index (χ4v) is 1.51. The van der Waals surface area contributed by atoms with E-state index in [1.54, 1.807) is 11.3 Å². The van der Waals surface area contributed by atoms with E-state index < -0.39 is 0 Å². The molecule has 0 unspecified atom stereocenters.